The van der Waals surface area contributed by atoms with Gasteiger partial charge in [0.1, 0.15) is 12.6 Å². The molecule has 1 atom stereocenters. The third kappa shape index (κ3) is 13.1. The Morgan fingerprint density at radius 3 is 2.11 bits per heavy atom. The Bertz CT molecular complexity index is 578. The van der Waals surface area contributed by atoms with E-state index in [0.29, 0.717) is 17.8 Å². The lowest BCUT2D eigenvalue weighted by Crippen LogP contribution is -2.41. The van der Waals surface area contributed by atoms with Crippen molar-refractivity contribution in [2.75, 3.05) is 59.6 Å². The molecule has 0 aliphatic carbocycles. The van der Waals surface area contributed by atoms with Gasteiger partial charge in [0.15, 0.2) is 0 Å². The fourth-order valence-corrected chi connectivity index (χ4v) is 2.70. The van der Waals surface area contributed by atoms with Crippen molar-refractivity contribution in [1.82, 2.24) is 10.2 Å². The van der Waals surface area contributed by atoms with Gasteiger partial charge in [-0.1, -0.05) is 13.8 Å². The number of benzene rings is 1. The van der Waals surface area contributed by atoms with Crippen molar-refractivity contribution in [3.05, 3.63) is 29.8 Å². The predicted octanol–water partition coefficient (Wildman–Crippen LogP) is 1.98. The zero-order valence-electron chi connectivity index (χ0n) is 18.6. The quantitative estimate of drug-likeness (QED) is 0.379. The number of hydrogen-bond acceptors (Lipinski definition) is 5. The smallest absolute Gasteiger partial charge is 0.303 e. The Balaban J connectivity index is 0.000000576. The largest absolute Gasteiger partial charge is 0.457 e. The molecule has 0 radical (unpaired) electrons. The van der Waals surface area contributed by atoms with E-state index in [2.05, 4.69) is 45.2 Å². The van der Waals surface area contributed by atoms with E-state index >= 15 is 0 Å². The van der Waals surface area contributed by atoms with Crippen molar-refractivity contribution in [3.63, 3.8) is 0 Å². The number of nitrogens with two attached hydrogens (primary N) is 1. The number of likely N-dealkylation sites (N-methyl/N-ethyl adjacent to an activating group) is 2. The third-order valence-electron chi connectivity index (χ3n) is 3.95. The summed E-state index contributed by atoms with van der Waals surface area (Å²) in [6.45, 7) is 12.0. The molecule has 1 amide bonds. The van der Waals surface area contributed by atoms with Crippen LogP contribution in [0.2, 0.25) is 0 Å². The van der Waals surface area contributed by atoms with Crippen molar-refractivity contribution in [2.24, 2.45) is 0 Å². The predicted molar refractivity (Wildman–Crippen MR) is 115 cm³/mol. The Hall–Kier alpha value is -2.12. The van der Waals surface area contributed by atoms with Crippen molar-refractivity contribution in [3.8, 4) is 0 Å². The summed E-state index contributed by atoms with van der Waals surface area (Å²) in [5, 5.41) is 2.90. The molecule has 0 bridgehead atoms. The van der Waals surface area contributed by atoms with Crippen LogP contribution in [0.25, 0.3) is 0 Å². The van der Waals surface area contributed by atoms with Crippen LogP contribution in [0.15, 0.2) is 24.3 Å². The fraction of sp³-hybridized carbons (Fsp3) is 0.619. The summed E-state index contributed by atoms with van der Waals surface area (Å²) >= 11 is 0. The van der Waals surface area contributed by atoms with Gasteiger partial charge >= 0.3 is 5.97 Å². The van der Waals surface area contributed by atoms with E-state index in [0.717, 1.165) is 30.7 Å². The second-order valence-corrected chi connectivity index (χ2v) is 7.80. The van der Waals surface area contributed by atoms with Crippen LogP contribution in [0, 0.1) is 0 Å². The monoisotopic (exact) mass is 395 g/mol. The summed E-state index contributed by atoms with van der Waals surface area (Å²) in [5.74, 6) is -0.247. The average Bonchev–Trinajstić information content (AvgIpc) is 2.57. The first-order valence-electron chi connectivity index (χ1n) is 9.82. The third-order valence-corrected chi connectivity index (χ3v) is 3.95. The molecule has 0 aromatic heterocycles. The molecule has 7 nitrogen and oxygen atoms in total. The highest BCUT2D eigenvalue weighted by Gasteiger charge is 2.15. The summed E-state index contributed by atoms with van der Waals surface area (Å²) in [6, 6.07) is 6.95. The molecule has 0 spiro atoms. The molecule has 1 aromatic carbocycles. The van der Waals surface area contributed by atoms with Gasteiger partial charge < -0.3 is 25.2 Å². The van der Waals surface area contributed by atoms with Crippen LogP contribution in [0.3, 0.4) is 0 Å². The Labute approximate surface area is 170 Å². The van der Waals surface area contributed by atoms with E-state index < -0.39 is 0 Å². The van der Waals surface area contributed by atoms with Crippen LogP contribution in [0.4, 0.5) is 5.69 Å². The average molecular weight is 396 g/mol. The number of esters is 1. The number of anilines is 1. The summed E-state index contributed by atoms with van der Waals surface area (Å²) in [4.78, 5) is 24.5. The minimum atomic E-state index is -0.203. The fourth-order valence-electron chi connectivity index (χ4n) is 2.70. The van der Waals surface area contributed by atoms with Crippen LogP contribution in [-0.4, -0.2) is 81.2 Å². The molecule has 1 rings (SSSR count). The first-order valence-corrected chi connectivity index (χ1v) is 9.82. The highest BCUT2D eigenvalue weighted by Crippen LogP contribution is 2.04. The van der Waals surface area contributed by atoms with Gasteiger partial charge in [-0.05, 0) is 44.3 Å². The minimum absolute atomic E-state index is 0.00694. The second kappa shape index (κ2) is 13.1. The summed E-state index contributed by atoms with van der Waals surface area (Å²) < 4.78 is 5.79. The van der Waals surface area contributed by atoms with Crippen LogP contribution in [0.5, 0.6) is 0 Å². The van der Waals surface area contributed by atoms with Crippen LogP contribution < -0.4 is 11.1 Å². The maximum Gasteiger partial charge on any atom is 0.303 e. The van der Waals surface area contributed by atoms with E-state index in [1.54, 1.807) is 24.3 Å². The maximum absolute atomic E-state index is 11.7. The molecule has 7 heteroatoms. The molecule has 160 valence electrons. The molecule has 1 unspecified atom stereocenters. The highest BCUT2D eigenvalue weighted by atomic mass is 16.5. The van der Waals surface area contributed by atoms with Gasteiger partial charge in [-0.3, -0.25) is 9.59 Å². The summed E-state index contributed by atoms with van der Waals surface area (Å²) in [6.07, 6.45) is 0.00694. The van der Waals surface area contributed by atoms with Gasteiger partial charge in [-0.2, -0.15) is 0 Å². The first-order chi connectivity index (χ1) is 13.0. The van der Waals surface area contributed by atoms with Crippen molar-refractivity contribution in [2.45, 2.75) is 33.8 Å². The summed E-state index contributed by atoms with van der Waals surface area (Å²) in [5.41, 5.74) is 6.89. The molecule has 0 aliphatic heterocycles. The molecule has 28 heavy (non-hydrogen) atoms. The highest BCUT2D eigenvalue weighted by molar-refractivity contribution is 5.94. The van der Waals surface area contributed by atoms with Crippen molar-refractivity contribution >= 4 is 17.6 Å². The molecule has 0 heterocycles. The number of carbonyl (C=O) groups is 2. The zero-order chi connectivity index (χ0) is 21.7. The second-order valence-electron chi connectivity index (χ2n) is 7.80. The lowest BCUT2D eigenvalue weighted by atomic mass is 10.2. The standard InChI is InChI=1S/C13H21N3O.C8H18NO2/c1-3-16(4-2)10-9-15-13(17)11-5-7-12(14)8-6-11;1-7(11-8(2)10)6-9(3,4)5/h5-8H,3-4,9-10,14H2,1-2H3,(H,15,17);7H,6H2,1-5H3/q;+1. The normalized spacial score (nSPS) is 12.0. The number of hydrogen-bond donors (Lipinski definition) is 2. The van der Waals surface area contributed by atoms with Gasteiger partial charge in [0.05, 0.1) is 21.1 Å². The number of carbonyl (C=O) groups excluding carboxylic acids is 2. The summed E-state index contributed by atoms with van der Waals surface area (Å²) in [7, 11) is 6.21. The number of ether oxygens (including phenoxy) is 1. The van der Waals surface area contributed by atoms with Crippen LogP contribution in [0.1, 0.15) is 38.1 Å². The SMILES string of the molecule is CC(=O)OC(C)C[N+](C)(C)C.CCN(CC)CCNC(=O)c1ccc(N)cc1. The van der Waals surface area contributed by atoms with E-state index in [9.17, 15) is 9.59 Å². The number of nitrogens with one attached hydrogen (secondary N) is 1. The topological polar surface area (TPSA) is 84.7 Å². The molecule has 3 N–H and O–H groups in total. The molecule has 0 fully saturated rings. The lowest BCUT2D eigenvalue weighted by Gasteiger charge is -2.26. The molecule has 0 saturated heterocycles. The molecular formula is C21H39N4O3+. The Morgan fingerprint density at radius 2 is 1.68 bits per heavy atom. The molecular weight excluding hydrogens is 356 g/mol. The number of nitrogen functional groups attached to an aromatic ring is 1. The minimum Gasteiger partial charge on any atom is -0.457 e. The molecule has 0 saturated carbocycles. The van der Waals surface area contributed by atoms with Crippen molar-refractivity contribution < 1.29 is 18.8 Å². The Kier molecular flexibility index (Phi) is 12.1. The van der Waals surface area contributed by atoms with Gasteiger partial charge in [0, 0.05) is 31.3 Å². The van der Waals surface area contributed by atoms with Gasteiger partial charge in [0.2, 0.25) is 0 Å². The maximum atomic E-state index is 11.7. The van der Waals surface area contributed by atoms with E-state index in [1.165, 1.54) is 6.92 Å². The van der Waals surface area contributed by atoms with Gasteiger partial charge in [0.25, 0.3) is 5.91 Å². The van der Waals surface area contributed by atoms with E-state index in [1.807, 2.05) is 6.92 Å². The lowest BCUT2D eigenvalue weighted by molar-refractivity contribution is -0.873. The number of rotatable bonds is 9. The van der Waals surface area contributed by atoms with Gasteiger partial charge in [-0.15, -0.1) is 0 Å². The van der Waals surface area contributed by atoms with E-state index in [-0.39, 0.29) is 18.0 Å². The molecule has 1 aromatic rings. The van der Waals surface area contributed by atoms with Crippen LogP contribution >= 0.6 is 0 Å². The first kappa shape index (κ1) is 25.9. The number of nitrogens with zero attached hydrogens (tertiary/aromatic N) is 2. The van der Waals surface area contributed by atoms with Gasteiger partial charge in [-0.25, -0.2) is 0 Å². The number of quaternary nitrogens is 1. The van der Waals surface area contributed by atoms with Crippen molar-refractivity contribution in [1.29, 1.82) is 0 Å². The Morgan fingerprint density at radius 1 is 1.14 bits per heavy atom. The van der Waals surface area contributed by atoms with Crippen LogP contribution in [-0.2, 0) is 9.53 Å². The molecule has 0 aliphatic rings. The number of amides is 1. The zero-order valence-corrected chi connectivity index (χ0v) is 18.6. The van der Waals surface area contributed by atoms with E-state index in [4.69, 9.17) is 10.5 Å².